The van der Waals surface area contributed by atoms with Crippen LogP contribution >= 0.6 is 24.0 Å². The van der Waals surface area contributed by atoms with Crippen molar-refractivity contribution in [3.05, 3.63) is 53.9 Å². The largest absolute Gasteiger partial charge is 0.370 e. The lowest BCUT2D eigenvalue weighted by molar-refractivity contribution is -0.00816. The molecule has 1 aromatic heterocycles. The second kappa shape index (κ2) is 10.2. The zero-order valence-corrected chi connectivity index (χ0v) is 19.6. The van der Waals surface area contributed by atoms with Gasteiger partial charge in [-0.1, -0.05) is 44.2 Å². The van der Waals surface area contributed by atoms with Gasteiger partial charge in [-0.3, -0.25) is 9.67 Å². The van der Waals surface area contributed by atoms with Crippen LogP contribution in [0.2, 0.25) is 0 Å². The van der Waals surface area contributed by atoms with Crippen LogP contribution in [-0.2, 0) is 18.2 Å². The van der Waals surface area contributed by atoms with Gasteiger partial charge < -0.3 is 15.0 Å². The van der Waals surface area contributed by atoms with Crippen molar-refractivity contribution in [1.29, 1.82) is 0 Å². The van der Waals surface area contributed by atoms with E-state index >= 15 is 0 Å². The number of hydrogen-bond acceptors (Lipinski definition) is 3. The molecular formula is C21H32IN5O. The van der Waals surface area contributed by atoms with Gasteiger partial charge in [0.25, 0.3) is 0 Å². The molecule has 0 bridgehead atoms. The van der Waals surface area contributed by atoms with Gasteiger partial charge in [0.1, 0.15) is 6.10 Å². The summed E-state index contributed by atoms with van der Waals surface area (Å²) in [7, 11) is 3.78. The molecule has 1 fully saturated rings. The minimum Gasteiger partial charge on any atom is -0.370 e. The fourth-order valence-electron chi connectivity index (χ4n) is 3.51. The number of morpholine rings is 1. The molecule has 0 spiro atoms. The first-order valence-electron chi connectivity index (χ1n) is 9.56. The SMILES string of the molecule is CN=C(NCC(C)(C)Cc1ccccc1)N1CCOC(c2cnn(C)c2)C1.I. The van der Waals surface area contributed by atoms with Crippen molar-refractivity contribution < 1.29 is 4.74 Å². The van der Waals surface area contributed by atoms with E-state index in [0.29, 0.717) is 6.61 Å². The maximum Gasteiger partial charge on any atom is 0.193 e. The van der Waals surface area contributed by atoms with Gasteiger partial charge in [-0.15, -0.1) is 24.0 Å². The molecule has 1 aliphatic heterocycles. The van der Waals surface area contributed by atoms with E-state index in [4.69, 9.17) is 4.74 Å². The molecule has 0 aliphatic carbocycles. The van der Waals surface area contributed by atoms with Crippen LogP contribution in [0, 0.1) is 5.41 Å². The number of nitrogens with one attached hydrogen (secondary N) is 1. The molecule has 1 unspecified atom stereocenters. The summed E-state index contributed by atoms with van der Waals surface area (Å²) in [4.78, 5) is 6.79. The molecule has 1 saturated heterocycles. The lowest BCUT2D eigenvalue weighted by Gasteiger charge is -2.36. The van der Waals surface area contributed by atoms with Crippen molar-refractivity contribution in [3.63, 3.8) is 0 Å². The number of ether oxygens (including phenoxy) is 1. The molecule has 1 N–H and O–H groups in total. The molecule has 2 heterocycles. The van der Waals surface area contributed by atoms with Gasteiger partial charge in [-0.2, -0.15) is 5.10 Å². The minimum absolute atomic E-state index is 0. The van der Waals surface area contributed by atoms with E-state index in [2.05, 4.69) is 64.5 Å². The van der Waals surface area contributed by atoms with Gasteiger partial charge >= 0.3 is 0 Å². The summed E-state index contributed by atoms with van der Waals surface area (Å²) in [6.07, 6.45) is 4.96. The number of aromatic nitrogens is 2. The maximum atomic E-state index is 5.95. The summed E-state index contributed by atoms with van der Waals surface area (Å²) in [6, 6.07) is 10.6. The Hall–Kier alpha value is -1.61. The van der Waals surface area contributed by atoms with Gasteiger partial charge in [0.15, 0.2) is 5.96 Å². The van der Waals surface area contributed by atoms with Gasteiger partial charge in [0, 0.05) is 38.9 Å². The first kappa shape index (κ1) is 22.7. The normalized spacial score (nSPS) is 17.9. The number of hydrogen-bond donors (Lipinski definition) is 1. The number of aliphatic imine (C=N–C) groups is 1. The first-order valence-corrected chi connectivity index (χ1v) is 9.56. The molecule has 3 rings (SSSR count). The highest BCUT2D eigenvalue weighted by molar-refractivity contribution is 14.0. The van der Waals surface area contributed by atoms with Crippen LogP contribution in [0.4, 0.5) is 0 Å². The fraction of sp³-hybridized carbons (Fsp3) is 0.524. The van der Waals surface area contributed by atoms with Gasteiger partial charge in [-0.05, 0) is 17.4 Å². The molecule has 1 aliphatic rings. The number of halogens is 1. The highest BCUT2D eigenvalue weighted by atomic mass is 127. The van der Waals surface area contributed by atoms with Crippen LogP contribution < -0.4 is 5.32 Å². The third-order valence-corrected chi connectivity index (χ3v) is 4.92. The lowest BCUT2D eigenvalue weighted by Crippen LogP contribution is -2.50. The van der Waals surface area contributed by atoms with Crippen LogP contribution in [-0.4, -0.2) is 53.9 Å². The molecule has 7 heteroatoms. The predicted molar refractivity (Wildman–Crippen MR) is 124 cm³/mol. The molecule has 6 nitrogen and oxygen atoms in total. The minimum atomic E-state index is 0. The average molecular weight is 497 g/mol. The van der Waals surface area contributed by atoms with Crippen molar-refractivity contribution in [2.45, 2.75) is 26.4 Å². The van der Waals surface area contributed by atoms with Gasteiger partial charge in [0.2, 0.25) is 0 Å². The summed E-state index contributed by atoms with van der Waals surface area (Å²) < 4.78 is 7.77. The van der Waals surface area contributed by atoms with Crippen molar-refractivity contribution in [2.24, 2.45) is 17.5 Å². The molecule has 0 radical (unpaired) electrons. The molecule has 0 saturated carbocycles. The van der Waals surface area contributed by atoms with Crippen LogP contribution in [0.5, 0.6) is 0 Å². The fourth-order valence-corrected chi connectivity index (χ4v) is 3.51. The summed E-state index contributed by atoms with van der Waals surface area (Å²) >= 11 is 0. The Kier molecular flexibility index (Phi) is 8.30. The Morgan fingerprint density at radius 1 is 1.32 bits per heavy atom. The molecule has 0 amide bonds. The quantitative estimate of drug-likeness (QED) is 0.392. The van der Waals surface area contributed by atoms with E-state index in [1.54, 1.807) is 0 Å². The van der Waals surface area contributed by atoms with Crippen molar-refractivity contribution in [1.82, 2.24) is 20.0 Å². The van der Waals surface area contributed by atoms with E-state index in [9.17, 15) is 0 Å². The van der Waals surface area contributed by atoms with E-state index < -0.39 is 0 Å². The van der Waals surface area contributed by atoms with E-state index in [1.165, 1.54) is 5.56 Å². The predicted octanol–water partition coefficient (Wildman–Crippen LogP) is 3.26. The Morgan fingerprint density at radius 2 is 2.07 bits per heavy atom. The molecule has 2 aromatic rings. The molecule has 1 atom stereocenters. The topological polar surface area (TPSA) is 54.7 Å². The number of benzene rings is 1. The lowest BCUT2D eigenvalue weighted by atomic mass is 9.86. The smallest absolute Gasteiger partial charge is 0.193 e. The Morgan fingerprint density at radius 3 is 2.71 bits per heavy atom. The molecule has 28 heavy (non-hydrogen) atoms. The van der Waals surface area contributed by atoms with Crippen LogP contribution in [0.25, 0.3) is 0 Å². The summed E-state index contributed by atoms with van der Waals surface area (Å²) in [5.41, 5.74) is 2.61. The molecule has 1 aromatic carbocycles. The van der Waals surface area contributed by atoms with Crippen LogP contribution in [0.3, 0.4) is 0 Å². The average Bonchev–Trinajstić information content (AvgIpc) is 3.09. The summed E-state index contributed by atoms with van der Waals surface area (Å²) in [5, 5.41) is 7.84. The summed E-state index contributed by atoms with van der Waals surface area (Å²) in [5.74, 6) is 0.938. The number of rotatable bonds is 5. The Bertz CT molecular complexity index is 759. The standard InChI is InChI=1S/C21H31N5O.HI/c1-21(2,12-17-8-6-5-7-9-17)16-23-20(22-3)26-10-11-27-19(15-26)18-13-24-25(4)14-18;/h5-9,13-14,19H,10-12,15-16H2,1-4H3,(H,22,23);1H. The maximum absolute atomic E-state index is 5.95. The zero-order chi connectivity index (χ0) is 19.3. The highest BCUT2D eigenvalue weighted by Crippen LogP contribution is 2.23. The number of aryl methyl sites for hydroxylation is 1. The van der Waals surface area contributed by atoms with E-state index in [-0.39, 0.29) is 35.5 Å². The highest BCUT2D eigenvalue weighted by Gasteiger charge is 2.26. The first-order chi connectivity index (χ1) is 13.0. The van der Waals surface area contributed by atoms with E-state index in [0.717, 1.165) is 37.6 Å². The molecular weight excluding hydrogens is 465 g/mol. The Labute approximate surface area is 185 Å². The summed E-state index contributed by atoms with van der Waals surface area (Å²) in [6.45, 7) is 7.76. The monoisotopic (exact) mass is 497 g/mol. The number of guanidine groups is 1. The van der Waals surface area contributed by atoms with E-state index in [1.807, 2.05) is 31.2 Å². The zero-order valence-electron chi connectivity index (χ0n) is 17.3. The second-order valence-corrected chi connectivity index (χ2v) is 7.98. The third kappa shape index (κ3) is 6.20. The molecule has 154 valence electrons. The van der Waals surface area contributed by atoms with Crippen molar-refractivity contribution in [2.75, 3.05) is 33.3 Å². The van der Waals surface area contributed by atoms with Crippen LogP contribution in [0.1, 0.15) is 31.1 Å². The van der Waals surface area contributed by atoms with Crippen LogP contribution in [0.15, 0.2) is 47.7 Å². The van der Waals surface area contributed by atoms with Crippen molar-refractivity contribution >= 4 is 29.9 Å². The second-order valence-electron chi connectivity index (χ2n) is 7.98. The van der Waals surface area contributed by atoms with Crippen molar-refractivity contribution in [3.8, 4) is 0 Å². The Balaban J connectivity index is 0.00000280. The van der Waals surface area contributed by atoms with Gasteiger partial charge in [0.05, 0.1) is 19.3 Å². The third-order valence-electron chi connectivity index (χ3n) is 4.92. The number of nitrogens with zero attached hydrogens (tertiary/aromatic N) is 4. The van der Waals surface area contributed by atoms with Gasteiger partial charge in [-0.25, -0.2) is 0 Å².